The smallest absolute Gasteiger partial charge is 0.224 e. The number of anilines is 2. The molecule has 0 bridgehead atoms. The summed E-state index contributed by atoms with van der Waals surface area (Å²) < 4.78 is 0. The SMILES string of the molecule is CC(CC(=O)Nc1ccccc1N1CCCCCC1)C1CCNCC1. The molecule has 2 heterocycles. The molecule has 4 heteroatoms. The van der Waals surface area contributed by atoms with Crippen LogP contribution in [0.1, 0.15) is 51.9 Å². The number of rotatable bonds is 5. The molecule has 1 aromatic carbocycles. The Hall–Kier alpha value is -1.55. The number of hydrogen-bond acceptors (Lipinski definition) is 3. The lowest BCUT2D eigenvalue weighted by molar-refractivity contribution is -0.117. The third kappa shape index (κ3) is 5.21. The van der Waals surface area contributed by atoms with Crippen molar-refractivity contribution in [1.82, 2.24) is 5.32 Å². The van der Waals surface area contributed by atoms with Crippen LogP contribution in [0.3, 0.4) is 0 Å². The fourth-order valence-corrected chi connectivity index (χ4v) is 4.24. The van der Waals surface area contributed by atoms with Crippen LogP contribution in [0.4, 0.5) is 11.4 Å². The highest BCUT2D eigenvalue weighted by Crippen LogP contribution is 2.29. The summed E-state index contributed by atoms with van der Waals surface area (Å²) in [5.41, 5.74) is 2.17. The van der Waals surface area contributed by atoms with Gasteiger partial charge in [-0.15, -0.1) is 0 Å². The van der Waals surface area contributed by atoms with Crippen molar-refractivity contribution in [3.63, 3.8) is 0 Å². The molecule has 138 valence electrons. The van der Waals surface area contributed by atoms with Crippen LogP contribution in [-0.4, -0.2) is 32.1 Å². The van der Waals surface area contributed by atoms with Gasteiger partial charge in [-0.2, -0.15) is 0 Å². The molecule has 0 aliphatic carbocycles. The van der Waals surface area contributed by atoms with Crippen LogP contribution in [0.15, 0.2) is 24.3 Å². The maximum Gasteiger partial charge on any atom is 0.224 e. The Labute approximate surface area is 152 Å². The number of para-hydroxylation sites is 2. The van der Waals surface area contributed by atoms with Gasteiger partial charge in [-0.05, 0) is 62.7 Å². The van der Waals surface area contributed by atoms with E-state index in [1.54, 1.807) is 0 Å². The maximum atomic E-state index is 12.6. The molecule has 0 spiro atoms. The number of carbonyl (C=O) groups is 1. The molecule has 0 saturated carbocycles. The normalized spacial score (nSPS) is 20.8. The third-order valence-corrected chi connectivity index (χ3v) is 5.82. The molecular formula is C21H33N3O. The number of nitrogens with one attached hydrogen (secondary N) is 2. The summed E-state index contributed by atoms with van der Waals surface area (Å²) >= 11 is 0. The Balaban J connectivity index is 1.60. The van der Waals surface area contributed by atoms with Gasteiger partial charge < -0.3 is 15.5 Å². The van der Waals surface area contributed by atoms with Crippen LogP contribution >= 0.6 is 0 Å². The second-order valence-corrected chi connectivity index (χ2v) is 7.74. The van der Waals surface area contributed by atoms with Crippen LogP contribution in [-0.2, 0) is 4.79 Å². The van der Waals surface area contributed by atoms with Gasteiger partial charge in [-0.3, -0.25) is 4.79 Å². The summed E-state index contributed by atoms with van der Waals surface area (Å²) in [6, 6.07) is 8.30. The first-order chi connectivity index (χ1) is 12.2. The molecule has 1 amide bonds. The number of hydrogen-bond donors (Lipinski definition) is 2. The number of piperidine rings is 1. The quantitative estimate of drug-likeness (QED) is 0.848. The summed E-state index contributed by atoms with van der Waals surface area (Å²) in [5.74, 6) is 1.29. The van der Waals surface area contributed by atoms with Crippen molar-refractivity contribution in [3.05, 3.63) is 24.3 Å². The molecule has 1 aromatic rings. The highest BCUT2D eigenvalue weighted by Gasteiger charge is 2.22. The van der Waals surface area contributed by atoms with Crippen LogP contribution in [0, 0.1) is 11.8 Å². The fourth-order valence-electron chi connectivity index (χ4n) is 4.24. The molecule has 0 radical (unpaired) electrons. The second-order valence-electron chi connectivity index (χ2n) is 7.74. The number of benzene rings is 1. The minimum Gasteiger partial charge on any atom is -0.370 e. The van der Waals surface area contributed by atoms with Crippen molar-refractivity contribution in [2.24, 2.45) is 11.8 Å². The van der Waals surface area contributed by atoms with Gasteiger partial charge in [-0.1, -0.05) is 31.9 Å². The second kappa shape index (κ2) is 9.23. The number of amides is 1. The molecule has 2 fully saturated rings. The van der Waals surface area contributed by atoms with E-state index in [9.17, 15) is 4.79 Å². The zero-order valence-corrected chi connectivity index (χ0v) is 15.6. The van der Waals surface area contributed by atoms with Gasteiger partial charge in [0.2, 0.25) is 5.91 Å². The van der Waals surface area contributed by atoms with E-state index >= 15 is 0 Å². The minimum atomic E-state index is 0.160. The van der Waals surface area contributed by atoms with Crippen molar-refractivity contribution in [3.8, 4) is 0 Å². The molecule has 25 heavy (non-hydrogen) atoms. The molecule has 2 N–H and O–H groups in total. The maximum absolute atomic E-state index is 12.6. The van der Waals surface area contributed by atoms with Crippen LogP contribution < -0.4 is 15.5 Å². The summed E-state index contributed by atoms with van der Waals surface area (Å²) in [7, 11) is 0. The molecule has 1 unspecified atom stereocenters. The van der Waals surface area contributed by atoms with Crippen molar-refractivity contribution in [2.75, 3.05) is 36.4 Å². The number of carbonyl (C=O) groups excluding carboxylic acids is 1. The first kappa shape index (κ1) is 18.2. The van der Waals surface area contributed by atoms with Gasteiger partial charge in [0.15, 0.2) is 0 Å². The number of nitrogens with zero attached hydrogens (tertiary/aromatic N) is 1. The zero-order valence-electron chi connectivity index (χ0n) is 15.6. The van der Waals surface area contributed by atoms with Gasteiger partial charge in [0.1, 0.15) is 0 Å². The van der Waals surface area contributed by atoms with E-state index in [4.69, 9.17) is 0 Å². The largest absolute Gasteiger partial charge is 0.370 e. The molecule has 3 rings (SSSR count). The lowest BCUT2D eigenvalue weighted by atomic mass is 9.84. The third-order valence-electron chi connectivity index (χ3n) is 5.82. The molecule has 2 aliphatic heterocycles. The average Bonchev–Trinajstić information content (AvgIpc) is 2.92. The monoisotopic (exact) mass is 343 g/mol. The van der Waals surface area contributed by atoms with Crippen LogP contribution in [0.5, 0.6) is 0 Å². The Kier molecular flexibility index (Phi) is 6.74. The molecule has 0 aromatic heterocycles. The first-order valence-corrected chi connectivity index (χ1v) is 10.1. The molecular weight excluding hydrogens is 310 g/mol. The van der Waals surface area contributed by atoms with E-state index in [-0.39, 0.29) is 5.91 Å². The lowest BCUT2D eigenvalue weighted by Gasteiger charge is -2.28. The predicted octanol–water partition coefficient (Wildman–Crippen LogP) is 4.03. The lowest BCUT2D eigenvalue weighted by Crippen LogP contribution is -2.32. The molecule has 4 nitrogen and oxygen atoms in total. The van der Waals surface area contributed by atoms with E-state index in [2.05, 4.69) is 34.6 Å². The summed E-state index contributed by atoms with van der Waals surface area (Å²) in [4.78, 5) is 15.1. The van der Waals surface area contributed by atoms with Crippen LogP contribution in [0.25, 0.3) is 0 Å². The van der Waals surface area contributed by atoms with Crippen LogP contribution in [0.2, 0.25) is 0 Å². The predicted molar refractivity (Wildman–Crippen MR) is 105 cm³/mol. The summed E-state index contributed by atoms with van der Waals surface area (Å²) in [6.45, 7) is 6.61. The van der Waals surface area contributed by atoms with Gasteiger partial charge in [0.05, 0.1) is 11.4 Å². The Morgan fingerprint density at radius 2 is 1.84 bits per heavy atom. The van der Waals surface area contributed by atoms with E-state index in [1.165, 1.54) is 44.2 Å². The molecule has 1 atom stereocenters. The topological polar surface area (TPSA) is 44.4 Å². The van der Waals surface area contributed by atoms with E-state index < -0.39 is 0 Å². The zero-order chi connectivity index (χ0) is 17.5. The Morgan fingerprint density at radius 1 is 1.16 bits per heavy atom. The molecule has 2 saturated heterocycles. The van der Waals surface area contributed by atoms with Crippen molar-refractivity contribution in [2.45, 2.75) is 51.9 Å². The van der Waals surface area contributed by atoms with Crippen molar-refractivity contribution in [1.29, 1.82) is 0 Å². The standard InChI is InChI=1S/C21H33N3O/c1-17(18-10-12-22-13-11-18)16-21(25)23-19-8-4-5-9-20(19)24-14-6-2-3-7-15-24/h4-5,8-9,17-18,22H,2-3,6-7,10-16H2,1H3,(H,23,25). The Bertz CT molecular complexity index is 546. The van der Waals surface area contributed by atoms with Gasteiger partial charge in [0, 0.05) is 19.5 Å². The van der Waals surface area contributed by atoms with E-state index in [1.807, 2.05) is 12.1 Å². The molecule has 2 aliphatic rings. The minimum absolute atomic E-state index is 0.160. The highest BCUT2D eigenvalue weighted by molar-refractivity contribution is 5.94. The fraction of sp³-hybridized carbons (Fsp3) is 0.667. The first-order valence-electron chi connectivity index (χ1n) is 10.1. The van der Waals surface area contributed by atoms with E-state index in [0.717, 1.165) is 31.9 Å². The summed E-state index contributed by atoms with van der Waals surface area (Å²) in [6.07, 6.45) is 8.14. The van der Waals surface area contributed by atoms with Crippen molar-refractivity contribution < 1.29 is 4.79 Å². The van der Waals surface area contributed by atoms with Crippen molar-refractivity contribution >= 4 is 17.3 Å². The van der Waals surface area contributed by atoms with Gasteiger partial charge in [0.25, 0.3) is 0 Å². The van der Waals surface area contributed by atoms with Gasteiger partial charge >= 0.3 is 0 Å². The summed E-state index contributed by atoms with van der Waals surface area (Å²) in [5, 5.41) is 6.61. The Morgan fingerprint density at radius 3 is 2.56 bits per heavy atom. The van der Waals surface area contributed by atoms with E-state index in [0.29, 0.717) is 18.3 Å². The average molecular weight is 344 g/mol. The van der Waals surface area contributed by atoms with Gasteiger partial charge in [-0.25, -0.2) is 0 Å². The highest BCUT2D eigenvalue weighted by atomic mass is 16.1.